The van der Waals surface area contributed by atoms with Crippen LogP contribution in [0.2, 0.25) is 0 Å². The molecule has 0 aliphatic carbocycles. The quantitative estimate of drug-likeness (QED) is 0.396. The van der Waals surface area contributed by atoms with Crippen LogP contribution >= 0.6 is 0 Å². The van der Waals surface area contributed by atoms with Crippen LogP contribution in [0.15, 0.2) is 58.1 Å². The zero-order valence-electron chi connectivity index (χ0n) is 20.8. The molecule has 198 valence electrons. The van der Waals surface area contributed by atoms with Crippen LogP contribution in [0.25, 0.3) is 5.69 Å². The summed E-state index contributed by atoms with van der Waals surface area (Å²) in [6, 6.07) is 11.9. The topological polar surface area (TPSA) is 88.8 Å². The molecule has 0 fully saturated rings. The summed E-state index contributed by atoms with van der Waals surface area (Å²) in [6.45, 7) is 3.88. The van der Waals surface area contributed by atoms with Crippen molar-refractivity contribution in [1.82, 2.24) is 9.13 Å². The van der Waals surface area contributed by atoms with Gasteiger partial charge in [-0.1, -0.05) is 19.1 Å². The molecule has 3 aromatic rings. The number of hydrogen-bond donors (Lipinski definition) is 0. The van der Waals surface area contributed by atoms with Gasteiger partial charge < -0.3 is 14.2 Å². The molecule has 1 aromatic heterocycles. The maximum Gasteiger partial charge on any atom is 0.431 e. The van der Waals surface area contributed by atoms with Crippen LogP contribution in [0, 0.1) is 0 Å². The normalized spacial score (nSPS) is 12.2. The van der Waals surface area contributed by atoms with Crippen molar-refractivity contribution in [2.24, 2.45) is 7.05 Å². The number of esters is 1. The number of methoxy groups -OCH3 is 1. The summed E-state index contributed by atoms with van der Waals surface area (Å²) in [5.41, 5.74) is -1.68. The van der Waals surface area contributed by atoms with Gasteiger partial charge in [0, 0.05) is 18.7 Å². The van der Waals surface area contributed by atoms with Gasteiger partial charge in [-0.05, 0) is 49.2 Å². The summed E-state index contributed by atoms with van der Waals surface area (Å²) in [4.78, 5) is 36.3. The number of ether oxygens (including phenoxy) is 3. The van der Waals surface area contributed by atoms with E-state index >= 15 is 0 Å². The van der Waals surface area contributed by atoms with E-state index in [9.17, 15) is 27.6 Å². The fraction of sp³-hybridized carbons (Fsp3) is 0.346. The molecule has 3 rings (SSSR count). The van der Waals surface area contributed by atoms with E-state index in [2.05, 4.69) is 4.74 Å². The predicted molar refractivity (Wildman–Crippen MR) is 129 cm³/mol. The Kier molecular flexibility index (Phi) is 8.46. The molecule has 37 heavy (non-hydrogen) atoms. The first kappa shape index (κ1) is 27.6. The standard InChI is InChI=1S/C26H27F3N2O6/c1-5-17-6-7-18(21(13-17)37-16(2)12-24(33)35-4)15-36-20-10-8-19(9-11-20)31-23(32)14-22(26(27,28)29)30(3)25(31)34/h6-11,13-14,16H,5,12,15H2,1-4H3. The van der Waals surface area contributed by atoms with Crippen LogP contribution in [-0.2, 0) is 35.8 Å². The van der Waals surface area contributed by atoms with Crippen LogP contribution < -0.4 is 20.7 Å². The van der Waals surface area contributed by atoms with E-state index in [1.54, 1.807) is 6.92 Å². The summed E-state index contributed by atoms with van der Waals surface area (Å²) in [6.07, 6.45) is -4.40. The second kappa shape index (κ2) is 11.4. The number of rotatable bonds is 9. The zero-order valence-corrected chi connectivity index (χ0v) is 20.8. The number of aromatic nitrogens is 2. The molecule has 11 heteroatoms. The number of halogens is 3. The van der Waals surface area contributed by atoms with E-state index in [-0.39, 0.29) is 24.7 Å². The third-order valence-electron chi connectivity index (χ3n) is 5.65. The highest BCUT2D eigenvalue weighted by molar-refractivity contribution is 5.69. The van der Waals surface area contributed by atoms with Crippen LogP contribution in [0.5, 0.6) is 11.5 Å². The van der Waals surface area contributed by atoms with E-state index in [0.29, 0.717) is 26.7 Å². The van der Waals surface area contributed by atoms with Crippen LogP contribution in [0.1, 0.15) is 37.1 Å². The summed E-state index contributed by atoms with van der Waals surface area (Å²) >= 11 is 0. The Morgan fingerprint density at radius 2 is 1.73 bits per heavy atom. The van der Waals surface area contributed by atoms with Crippen LogP contribution in [-0.4, -0.2) is 28.3 Å². The molecule has 2 aromatic carbocycles. The average Bonchev–Trinajstić information content (AvgIpc) is 2.85. The number of aryl methyl sites for hydroxylation is 1. The van der Waals surface area contributed by atoms with Gasteiger partial charge >= 0.3 is 17.8 Å². The second-order valence-electron chi connectivity index (χ2n) is 8.33. The maximum absolute atomic E-state index is 13.1. The molecule has 0 N–H and O–H groups in total. The molecule has 0 saturated carbocycles. The van der Waals surface area contributed by atoms with Gasteiger partial charge in [0.1, 0.15) is 29.9 Å². The fourth-order valence-corrected chi connectivity index (χ4v) is 3.61. The molecule has 1 heterocycles. The lowest BCUT2D eigenvalue weighted by molar-refractivity contribution is -0.144. The molecular weight excluding hydrogens is 493 g/mol. The van der Waals surface area contributed by atoms with Gasteiger partial charge in [-0.15, -0.1) is 0 Å². The van der Waals surface area contributed by atoms with Gasteiger partial charge in [-0.2, -0.15) is 13.2 Å². The minimum Gasteiger partial charge on any atom is -0.490 e. The fourth-order valence-electron chi connectivity index (χ4n) is 3.61. The van der Waals surface area contributed by atoms with Crippen LogP contribution in [0.3, 0.4) is 0 Å². The van der Waals surface area contributed by atoms with Crippen molar-refractivity contribution in [3.05, 3.63) is 86.2 Å². The number of hydrogen-bond acceptors (Lipinski definition) is 6. The zero-order chi connectivity index (χ0) is 27.3. The summed E-state index contributed by atoms with van der Waals surface area (Å²) in [7, 11) is 2.26. The number of carbonyl (C=O) groups excluding carboxylic acids is 1. The Labute approximate surface area is 210 Å². The minimum absolute atomic E-state index is 0.0807. The molecular formula is C26H27F3N2O6. The van der Waals surface area contributed by atoms with Gasteiger partial charge in [0.25, 0.3) is 5.56 Å². The Morgan fingerprint density at radius 1 is 1.05 bits per heavy atom. The first-order chi connectivity index (χ1) is 17.4. The van der Waals surface area contributed by atoms with Crippen molar-refractivity contribution in [2.75, 3.05) is 7.11 Å². The molecule has 0 radical (unpaired) electrons. The molecule has 0 spiro atoms. The Hall–Kier alpha value is -4.02. The third-order valence-corrected chi connectivity index (χ3v) is 5.65. The van der Waals surface area contributed by atoms with Crippen molar-refractivity contribution >= 4 is 5.97 Å². The average molecular weight is 521 g/mol. The van der Waals surface area contributed by atoms with E-state index in [1.165, 1.54) is 31.4 Å². The Balaban J connectivity index is 1.80. The van der Waals surface area contributed by atoms with Crippen LogP contribution in [0.4, 0.5) is 13.2 Å². The molecule has 1 atom stereocenters. The first-order valence-electron chi connectivity index (χ1n) is 11.4. The van der Waals surface area contributed by atoms with Crippen molar-refractivity contribution in [1.29, 1.82) is 0 Å². The van der Waals surface area contributed by atoms with Crippen molar-refractivity contribution in [2.45, 2.75) is 45.6 Å². The van der Waals surface area contributed by atoms with Gasteiger partial charge in [-0.3, -0.25) is 14.2 Å². The van der Waals surface area contributed by atoms with E-state index in [4.69, 9.17) is 9.47 Å². The number of benzene rings is 2. The second-order valence-corrected chi connectivity index (χ2v) is 8.33. The third kappa shape index (κ3) is 6.60. The van der Waals surface area contributed by atoms with Gasteiger partial charge in [0.05, 0.1) is 19.2 Å². The summed E-state index contributed by atoms with van der Waals surface area (Å²) in [5, 5.41) is 0. The lowest BCUT2D eigenvalue weighted by Crippen LogP contribution is -2.40. The predicted octanol–water partition coefficient (Wildman–Crippen LogP) is 4.03. The highest BCUT2D eigenvalue weighted by Crippen LogP contribution is 2.27. The SMILES string of the molecule is CCc1ccc(COc2ccc(-n3c(=O)cc(C(F)(F)F)n(C)c3=O)cc2)c(OC(C)CC(=O)OC)c1. The van der Waals surface area contributed by atoms with E-state index in [0.717, 1.165) is 24.6 Å². The number of nitrogens with zero attached hydrogens (tertiary/aromatic N) is 2. The van der Waals surface area contributed by atoms with Crippen molar-refractivity contribution in [3.63, 3.8) is 0 Å². The van der Waals surface area contributed by atoms with Gasteiger partial charge in [0.15, 0.2) is 0 Å². The molecule has 1 unspecified atom stereocenters. The van der Waals surface area contributed by atoms with E-state index in [1.807, 2.05) is 25.1 Å². The lowest BCUT2D eigenvalue weighted by Gasteiger charge is -2.18. The summed E-state index contributed by atoms with van der Waals surface area (Å²) in [5.74, 6) is 0.569. The summed E-state index contributed by atoms with van der Waals surface area (Å²) < 4.78 is 56.8. The molecule has 0 saturated heterocycles. The number of alkyl halides is 3. The highest BCUT2D eigenvalue weighted by atomic mass is 19.4. The van der Waals surface area contributed by atoms with Crippen molar-refractivity contribution in [3.8, 4) is 17.2 Å². The van der Waals surface area contributed by atoms with Gasteiger partial charge in [-0.25, -0.2) is 9.36 Å². The maximum atomic E-state index is 13.1. The lowest BCUT2D eigenvalue weighted by atomic mass is 10.1. The smallest absolute Gasteiger partial charge is 0.431 e. The number of carbonyl (C=O) groups is 1. The molecule has 0 aliphatic rings. The first-order valence-corrected chi connectivity index (χ1v) is 11.4. The molecule has 0 aliphatic heterocycles. The monoisotopic (exact) mass is 520 g/mol. The van der Waals surface area contributed by atoms with Crippen molar-refractivity contribution < 1.29 is 32.2 Å². The Bertz CT molecular complexity index is 1380. The van der Waals surface area contributed by atoms with E-state index < -0.39 is 29.2 Å². The molecule has 0 bridgehead atoms. The minimum atomic E-state index is -4.83. The Morgan fingerprint density at radius 3 is 2.32 bits per heavy atom. The molecule has 0 amide bonds. The van der Waals surface area contributed by atoms with Gasteiger partial charge in [0.2, 0.25) is 0 Å². The largest absolute Gasteiger partial charge is 0.490 e. The highest BCUT2D eigenvalue weighted by Gasteiger charge is 2.35. The molecule has 8 nitrogen and oxygen atoms in total.